The minimum Gasteiger partial charge on any atom is -0.352 e. The summed E-state index contributed by atoms with van der Waals surface area (Å²) in [7, 11) is 0. The van der Waals surface area contributed by atoms with Crippen LogP contribution in [0, 0.1) is 18.8 Å². The number of nitrogens with one attached hydrogen (secondary N) is 1. The Labute approximate surface area is 151 Å². The Kier molecular flexibility index (Phi) is 7.00. The second-order valence-electron chi connectivity index (χ2n) is 7.53. The van der Waals surface area contributed by atoms with Crippen molar-refractivity contribution in [1.29, 1.82) is 0 Å². The standard InChI is InChI=1S/C20H31N3O2/c1-14(2)11-18(12-21)22-19(24)17-5-4-10-23(13-17)20(25)16-8-6-15(3)7-9-16/h6-9,14,17-18H,4-5,10-13,21H2,1-3H3,(H,22,24). The summed E-state index contributed by atoms with van der Waals surface area (Å²) in [5.41, 5.74) is 7.60. The van der Waals surface area contributed by atoms with Gasteiger partial charge in [0.05, 0.1) is 5.92 Å². The minimum atomic E-state index is -0.149. The molecule has 25 heavy (non-hydrogen) atoms. The first-order valence-electron chi connectivity index (χ1n) is 9.27. The Bertz CT molecular complexity index is 583. The highest BCUT2D eigenvalue weighted by molar-refractivity contribution is 5.94. The van der Waals surface area contributed by atoms with Crippen LogP contribution in [-0.4, -0.2) is 42.4 Å². The number of piperidine rings is 1. The molecule has 1 aliphatic heterocycles. The van der Waals surface area contributed by atoms with Gasteiger partial charge in [0.25, 0.3) is 5.91 Å². The molecule has 1 aromatic carbocycles. The van der Waals surface area contributed by atoms with Crippen molar-refractivity contribution in [3.63, 3.8) is 0 Å². The number of hydrogen-bond donors (Lipinski definition) is 2. The quantitative estimate of drug-likeness (QED) is 0.831. The third-order valence-corrected chi connectivity index (χ3v) is 4.76. The van der Waals surface area contributed by atoms with Gasteiger partial charge in [-0.2, -0.15) is 0 Å². The molecule has 1 saturated heterocycles. The molecule has 0 aromatic heterocycles. The van der Waals surface area contributed by atoms with Gasteiger partial charge in [-0.05, 0) is 44.2 Å². The Morgan fingerprint density at radius 1 is 1.28 bits per heavy atom. The summed E-state index contributed by atoms with van der Waals surface area (Å²) in [5.74, 6) is 0.372. The average molecular weight is 345 g/mol. The molecule has 2 amide bonds. The van der Waals surface area contributed by atoms with Crippen molar-refractivity contribution in [3.05, 3.63) is 35.4 Å². The lowest BCUT2D eigenvalue weighted by Crippen LogP contribution is -2.49. The third kappa shape index (κ3) is 5.56. The summed E-state index contributed by atoms with van der Waals surface area (Å²) >= 11 is 0. The normalized spacial score (nSPS) is 18.9. The maximum Gasteiger partial charge on any atom is 0.253 e. The predicted octanol–water partition coefficient (Wildman–Crippen LogP) is 2.34. The van der Waals surface area contributed by atoms with Crippen LogP contribution in [0.5, 0.6) is 0 Å². The van der Waals surface area contributed by atoms with E-state index >= 15 is 0 Å². The number of rotatable bonds is 6. The smallest absolute Gasteiger partial charge is 0.253 e. The molecule has 0 bridgehead atoms. The van der Waals surface area contributed by atoms with E-state index in [0.29, 0.717) is 31.1 Å². The van der Waals surface area contributed by atoms with Gasteiger partial charge in [0, 0.05) is 31.2 Å². The molecular weight excluding hydrogens is 314 g/mol. The zero-order valence-corrected chi connectivity index (χ0v) is 15.6. The molecule has 1 aliphatic rings. The molecule has 0 aliphatic carbocycles. The fraction of sp³-hybridized carbons (Fsp3) is 0.600. The highest BCUT2D eigenvalue weighted by Crippen LogP contribution is 2.19. The highest BCUT2D eigenvalue weighted by atomic mass is 16.2. The maximum atomic E-state index is 12.7. The molecule has 0 saturated carbocycles. The number of carbonyl (C=O) groups is 2. The van der Waals surface area contributed by atoms with Gasteiger partial charge in [-0.1, -0.05) is 31.5 Å². The molecule has 5 heteroatoms. The van der Waals surface area contributed by atoms with Crippen molar-refractivity contribution in [3.8, 4) is 0 Å². The minimum absolute atomic E-state index is 0.00931. The first kappa shape index (κ1) is 19.4. The van der Waals surface area contributed by atoms with Crippen LogP contribution in [0.25, 0.3) is 0 Å². The van der Waals surface area contributed by atoms with Gasteiger partial charge >= 0.3 is 0 Å². The second-order valence-corrected chi connectivity index (χ2v) is 7.53. The Hall–Kier alpha value is -1.88. The van der Waals surface area contributed by atoms with Crippen LogP contribution in [0.3, 0.4) is 0 Å². The van der Waals surface area contributed by atoms with Crippen LogP contribution in [0.4, 0.5) is 0 Å². The van der Waals surface area contributed by atoms with Crippen molar-refractivity contribution in [2.45, 2.75) is 46.1 Å². The summed E-state index contributed by atoms with van der Waals surface area (Å²) in [6.07, 6.45) is 2.55. The molecule has 3 N–H and O–H groups in total. The molecule has 2 unspecified atom stereocenters. The summed E-state index contributed by atoms with van der Waals surface area (Å²) < 4.78 is 0. The molecule has 0 radical (unpaired) electrons. The second kappa shape index (κ2) is 8.99. The third-order valence-electron chi connectivity index (χ3n) is 4.76. The van der Waals surface area contributed by atoms with Crippen molar-refractivity contribution < 1.29 is 9.59 Å². The summed E-state index contributed by atoms with van der Waals surface area (Å²) in [5, 5.41) is 3.07. The van der Waals surface area contributed by atoms with E-state index in [9.17, 15) is 9.59 Å². The largest absolute Gasteiger partial charge is 0.352 e. The van der Waals surface area contributed by atoms with Gasteiger partial charge in [-0.25, -0.2) is 0 Å². The summed E-state index contributed by atoms with van der Waals surface area (Å²) in [6.45, 7) is 7.89. The Balaban J connectivity index is 1.96. The number of likely N-dealkylation sites (tertiary alicyclic amines) is 1. The van der Waals surface area contributed by atoms with Gasteiger partial charge in [0.2, 0.25) is 5.91 Å². The van der Waals surface area contributed by atoms with Crippen molar-refractivity contribution in [2.24, 2.45) is 17.6 Å². The number of amides is 2. The van der Waals surface area contributed by atoms with E-state index in [1.807, 2.05) is 31.2 Å². The lowest BCUT2D eigenvalue weighted by molar-refractivity contribution is -0.127. The van der Waals surface area contributed by atoms with E-state index in [1.165, 1.54) is 0 Å². The van der Waals surface area contributed by atoms with Crippen LogP contribution in [-0.2, 0) is 4.79 Å². The highest BCUT2D eigenvalue weighted by Gasteiger charge is 2.29. The van der Waals surface area contributed by atoms with Crippen LogP contribution in [0.1, 0.15) is 49.0 Å². The first-order chi connectivity index (χ1) is 11.9. The molecule has 1 fully saturated rings. The lowest BCUT2D eigenvalue weighted by Gasteiger charge is -2.33. The topological polar surface area (TPSA) is 75.4 Å². The van der Waals surface area contributed by atoms with Gasteiger partial charge < -0.3 is 16.0 Å². The average Bonchev–Trinajstić information content (AvgIpc) is 2.60. The number of aryl methyl sites for hydroxylation is 1. The van der Waals surface area contributed by atoms with Gasteiger partial charge in [0.1, 0.15) is 0 Å². The van der Waals surface area contributed by atoms with Crippen molar-refractivity contribution >= 4 is 11.8 Å². The number of benzene rings is 1. The zero-order chi connectivity index (χ0) is 18.4. The number of nitrogens with zero attached hydrogens (tertiary/aromatic N) is 1. The number of hydrogen-bond acceptors (Lipinski definition) is 3. The molecule has 138 valence electrons. The summed E-state index contributed by atoms with van der Waals surface area (Å²) in [4.78, 5) is 27.1. The molecule has 5 nitrogen and oxygen atoms in total. The van der Waals surface area contributed by atoms with E-state index in [-0.39, 0.29) is 23.8 Å². The van der Waals surface area contributed by atoms with E-state index < -0.39 is 0 Å². The Morgan fingerprint density at radius 2 is 1.96 bits per heavy atom. The van der Waals surface area contributed by atoms with Gasteiger partial charge in [-0.3, -0.25) is 9.59 Å². The number of carbonyl (C=O) groups excluding carboxylic acids is 2. The number of nitrogens with two attached hydrogens (primary N) is 1. The monoisotopic (exact) mass is 345 g/mol. The maximum absolute atomic E-state index is 12.7. The van der Waals surface area contributed by atoms with Crippen LogP contribution < -0.4 is 11.1 Å². The molecule has 0 spiro atoms. The van der Waals surface area contributed by atoms with Crippen molar-refractivity contribution in [2.75, 3.05) is 19.6 Å². The van der Waals surface area contributed by atoms with E-state index in [1.54, 1.807) is 4.90 Å². The van der Waals surface area contributed by atoms with Crippen LogP contribution in [0.2, 0.25) is 0 Å². The lowest BCUT2D eigenvalue weighted by atomic mass is 9.95. The molecular formula is C20H31N3O2. The van der Waals surface area contributed by atoms with Crippen molar-refractivity contribution in [1.82, 2.24) is 10.2 Å². The van der Waals surface area contributed by atoms with Crippen LogP contribution >= 0.6 is 0 Å². The fourth-order valence-corrected chi connectivity index (χ4v) is 3.36. The Morgan fingerprint density at radius 3 is 2.56 bits per heavy atom. The van der Waals surface area contributed by atoms with Gasteiger partial charge in [0.15, 0.2) is 0 Å². The molecule has 1 heterocycles. The molecule has 1 aromatic rings. The van der Waals surface area contributed by atoms with E-state index in [0.717, 1.165) is 24.8 Å². The predicted molar refractivity (Wildman–Crippen MR) is 100 cm³/mol. The zero-order valence-electron chi connectivity index (χ0n) is 15.6. The SMILES string of the molecule is Cc1ccc(C(=O)N2CCCC(C(=O)NC(CN)CC(C)C)C2)cc1. The van der Waals surface area contributed by atoms with Crippen LogP contribution in [0.15, 0.2) is 24.3 Å². The fourth-order valence-electron chi connectivity index (χ4n) is 3.36. The first-order valence-corrected chi connectivity index (χ1v) is 9.27. The van der Waals surface area contributed by atoms with Gasteiger partial charge in [-0.15, -0.1) is 0 Å². The van der Waals surface area contributed by atoms with E-state index in [4.69, 9.17) is 5.73 Å². The molecule has 2 rings (SSSR count). The molecule has 2 atom stereocenters. The summed E-state index contributed by atoms with van der Waals surface area (Å²) in [6, 6.07) is 7.61. The van der Waals surface area contributed by atoms with E-state index in [2.05, 4.69) is 19.2 Å².